The Morgan fingerprint density at radius 3 is 2.78 bits per heavy atom. The Labute approximate surface area is 135 Å². The monoisotopic (exact) mass is 317 g/mol. The molecule has 1 unspecified atom stereocenters. The topological polar surface area (TPSA) is 71.5 Å². The van der Waals surface area contributed by atoms with Crippen molar-refractivity contribution in [2.45, 2.75) is 31.9 Å². The van der Waals surface area contributed by atoms with Gasteiger partial charge in [0.2, 0.25) is 0 Å². The number of hydrogen-bond acceptors (Lipinski definition) is 5. The fraction of sp³-hybridized carbons (Fsp3) is 0.529. The van der Waals surface area contributed by atoms with Gasteiger partial charge in [0.25, 0.3) is 0 Å². The van der Waals surface area contributed by atoms with Gasteiger partial charge in [0.05, 0.1) is 12.6 Å². The zero-order chi connectivity index (χ0) is 16.2. The summed E-state index contributed by atoms with van der Waals surface area (Å²) in [4.78, 5) is 14.0. The van der Waals surface area contributed by atoms with E-state index in [4.69, 9.17) is 4.52 Å². The van der Waals surface area contributed by atoms with Crippen LogP contribution < -0.4 is 5.76 Å². The molecule has 6 nitrogen and oxygen atoms in total. The Morgan fingerprint density at radius 1 is 1.39 bits per heavy atom. The van der Waals surface area contributed by atoms with Crippen molar-refractivity contribution in [3.8, 4) is 11.4 Å². The molecule has 23 heavy (non-hydrogen) atoms. The molecule has 0 radical (unpaired) electrons. The van der Waals surface area contributed by atoms with Crippen LogP contribution in [-0.2, 0) is 6.54 Å². The molecule has 1 heterocycles. The van der Waals surface area contributed by atoms with Crippen molar-refractivity contribution in [2.24, 2.45) is 5.92 Å². The Kier molecular flexibility index (Phi) is 4.93. The molecule has 1 atom stereocenters. The average molecular weight is 317 g/mol. The number of aromatic nitrogens is 2. The molecule has 124 valence electrons. The maximum Gasteiger partial charge on any atom is 0.441 e. The number of aliphatic hydroxyl groups excluding tert-OH is 1. The summed E-state index contributed by atoms with van der Waals surface area (Å²) in [6, 6.07) is 9.38. The van der Waals surface area contributed by atoms with Gasteiger partial charge in [-0.15, -0.1) is 0 Å². The molecule has 1 aromatic carbocycles. The first-order valence-electron chi connectivity index (χ1n) is 8.12. The van der Waals surface area contributed by atoms with Gasteiger partial charge in [0.15, 0.2) is 5.82 Å². The van der Waals surface area contributed by atoms with Gasteiger partial charge in [0.1, 0.15) is 0 Å². The molecule has 1 aliphatic carbocycles. The second-order valence-corrected chi connectivity index (χ2v) is 6.42. The normalized spacial score (nSPS) is 16.5. The Bertz CT molecular complexity index is 676. The highest BCUT2D eigenvalue weighted by Gasteiger charge is 2.21. The highest BCUT2D eigenvalue weighted by Crippen LogP contribution is 2.26. The third-order valence-corrected chi connectivity index (χ3v) is 4.43. The number of hydrogen-bond donors (Lipinski definition) is 1. The summed E-state index contributed by atoms with van der Waals surface area (Å²) in [6.07, 6.45) is 3.24. The van der Waals surface area contributed by atoms with E-state index < -0.39 is 11.9 Å². The molecular formula is C17H23N3O3. The summed E-state index contributed by atoms with van der Waals surface area (Å²) >= 11 is 0. The van der Waals surface area contributed by atoms with Crippen molar-refractivity contribution in [1.82, 2.24) is 14.6 Å². The minimum atomic E-state index is -0.639. The SMILES string of the molecule is CN(CC(O)Cn1c(-c2ccccc2)noc1=O)CC1CCC1. The molecular weight excluding hydrogens is 294 g/mol. The number of likely N-dealkylation sites (N-methyl/N-ethyl adjacent to an activating group) is 1. The van der Waals surface area contributed by atoms with Crippen LogP contribution in [0.5, 0.6) is 0 Å². The zero-order valence-electron chi connectivity index (χ0n) is 13.4. The van der Waals surface area contributed by atoms with E-state index in [0.29, 0.717) is 12.4 Å². The van der Waals surface area contributed by atoms with E-state index in [9.17, 15) is 9.90 Å². The van der Waals surface area contributed by atoms with Gasteiger partial charge in [-0.2, -0.15) is 0 Å². The van der Waals surface area contributed by atoms with Crippen molar-refractivity contribution >= 4 is 0 Å². The van der Waals surface area contributed by atoms with E-state index in [2.05, 4.69) is 10.1 Å². The first-order valence-corrected chi connectivity index (χ1v) is 8.12. The number of benzene rings is 1. The van der Waals surface area contributed by atoms with E-state index in [1.807, 2.05) is 37.4 Å². The largest absolute Gasteiger partial charge is 0.441 e. The Morgan fingerprint density at radius 2 is 2.13 bits per heavy atom. The summed E-state index contributed by atoms with van der Waals surface area (Å²) in [5.41, 5.74) is 0.799. The van der Waals surface area contributed by atoms with Crippen molar-refractivity contribution in [2.75, 3.05) is 20.1 Å². The molecule has 0 amide bonds. The molecule has 1 aromatic heterocycles. The quantitative estimate of drug-likeness (QED) is 0.840. The van der Waals surface area contributed by atoms with Crippen LogP contribution in [0.25, 0.3) is 11.4 Å². The fourth-order valence-electron chi connectivity index (χ4n) is 3.04. The summed E-state index contributed by atoms with van der Waals surface area (Å²) in [5, 5.41) is 14.2. The van der Waals surface area contributed by atoms with Crippen LogP contribution in [0.15, 0.2) is 39.6 Å². The van der Waals surface area contributed by atoms with Crippen LogP contribution in [0.2, 0.25) is 0 Å². The lowest BCUT2D eigenvalue weighted by Gasteiger charge is -2.31. The summed E-state index contributed by atoms with van der Waals surface area (Å²) in [7, 11) is 2.01. The van der Waals surface area contributed by atoms with Crippen LogP contribution in [0.3, 0.4) is 0 Å². The molecule has 6 heteroatoms. The van der Waals surface area contributed by atoms with E-state index in [1.165, 1.54) is 23.8 Å². The maximum absolute atomic E-state index is 11.9. The van der Waals surface area contributed by atoms with Gasteiger partial charge >= 0.3 is 5.76 Å². The van der Waals surface area contributed by atoms with E-state index in [-0.39, 0.29) is 6.54 Å². The minimum absolute atomic E-state index is 0.182. The van der Waals surface area contributed by atoms with Gasteiger partial charge in [-0.05, 0) is 25.8 Å². The van der Waals surface area contributed by atoms with Crippen LogP contribution in [0.4, 0.5) is 0 Å². The molecule has 1 fully saturated rings. The smallest absolute Gasteiger partial charge is 0.390 e. The van der Waals surface area contributed by atoms with Crippen molar-refractivity contribution < 1.29 is 9.63 Å². The molecule has 1 aliphatic rings. The van der Waals surface area contributed by atoms with E-state index in [1.54, 1.807) is 0 Å². The predicted molar refractivity (Wildman–Crippen MR) is 87.0 cm³/mol. The molecule has 0 aliphatic heterocycles. The Balaban J connectivity index is 1.65. The Hall–Kier alpha value is -1.92. The van der Waals surface area contributed by atoms with Gasteiger partial charge < -0.3 is 10.0 Å². The van der Waals surface area contributed by atoms with Crippen LogP contribution in [-0.4, -0.2) is 46.0 Å². The standard InChI is InChI=1S/C17H23N3O3/c1-19(10-13-6-5-7-13)11-15(21)12-20-16(18-23-17(20)22)14-8-3-2-4-9-14/h2-4,8-9,13,15,21H,5-7,10-12H2,1H3. The first-order chi connectivity index (χ1) is 11.1. The lowest BCUT2D eigenvalue weighted by molar-refractivity contribution is 0.0923. The van der Waals surface area contributed by atoms with Gasteiger partial charge in [-0.3, -0.25) is 9.09 Å². The molecule has 3 rings (SSSR count). The lowest BCUT2D eigenvalue weighted by atomic mass is 9.85. The number of rotatable bonds is 7. The van der Waals surface area contributed by atoms with E-state index >= 15 is 0 Å². The second kappa shape index (κ2) is 7.10. The van der Waals surface area contributed by atoms with Gasteiger partial charge in [-0.1, -0.05) is 41.9 Å². The van der Waals surface area contributed by atoms with Gasteiger partial charge in [-0.25, -0.2) is 4.79 Å². The molecule has 0 spiro atoms. The molecule has 0 saturated heterocycles. The van der Waals surface area contributed by atoms with Crippen molar-refractivity contribution in [3.63, 3.8) is 0 Å². The van der Waals surface area contributed by atoms with Crippen molar-refractivity contribution in [1.29, 1.82) is 0 Å². The third kappa shape index (κ3) is 3.89. The minimum Gasteiger partial charge on any atom is -0.390 e. The summed E-state index contributed by atoms with van der Waals surface area (Å²) in [6.45, 7) is 1.71. The lowest BCUT2D eigenvalue weighted by Crippen LogP contribution is -2.37. The van der Waals surface area contributed by atoms with Gasteiger partial charge in [0, 0.05) is 18.7 Å². The fourth-order valence-corrected chi connectivity index (χ4v) is 3.04. The maximum atomic E-state index is 11.9. The third-order valence-electron chi connectivity index (χ3n) is 4.43. The highest BCUT2D eigenvalue weighted by atomic mass is 16.5. The zero-order valence-corrected chi connectivity index (χ0v) is 13.4. The summed E-state index contributed by atoms with van der Waals surface area (Å²) in [5.74, 6) is 0.672. The molecule has 1 N–H and O–H groups in total. The summed E-state index contributed by atoms with van der Waals surface area (Å²) < 4.78 is 6.18. The second-order valence-electron chi connectivity index (χ2n) is 6.42. The predicted octanol–water partition coefficient (Wildman–Crippen LogP) is 1.60. The van der Waals surface area contributed by atoms with Crippen molar-refractivity contribution in [3.05, 3.63) is 40.9 Å². The van der Waals surface area contributed by atoms with Crippen LogP contribution >= 0.6 is 0 Å². The molecule has 1 saturated carbocycles. The van der Waals surface area contributed by atoms with E-state index in [0.717, 1.165) is 18.0 Å². The van der Waals surface area contributed by atoms with Crippen LogP contribution in [0.1, 0.15) is 19.3 Å². The number of aliphatic hydroxyl groups is 1. The average Bonchev–Trinajstić information content (AvgIpc) is 2.85. The molecule has 2 aromatic rings. The first kappa shape index (κ1) is 16.0. The highest BCUT2D eigenvalue weighted by molar-refractivity contribution is 5.54. The van der Waals surface area contributed by atoms with Crippen LogP contribution in [0, 0.1) is 5.92 Å². The number of nitrogens with zero attached hydrogens (tertiary/aromatic N) is 3. The molecule has 0 bridgehead atoms.